The Kier molecular flexibility index (Phi) is 6.72. The van der Waals surface area contributed by atoms with Gasteiger partial charge in [-0.25, -0.2) is 9.97 Å². The second kappa shape index (κ2) is 9.72. The maximum Gasteiger partial charge on any atom is 0.173 e. The first-order chi connectivity index (χ1) is 16.0. The summed E-state index contributed by atoms with van der Waals surface area (Å²) >= 11 is 13.6. The van der Waals surface area contributed by atoms with Crippen molar-refractivity contribution < 1.29 is 0 Å². The summed E-state index contributed by atoms with van der Waals surface area (Å²) in [6, 6.07) is 7.68. The number of nitrogens with one attached hydrogen (secondary N) is 1. The molecule has 2 fully saturated rings. The fraction of sp³-hybridized carbons (Fsp3) is 0.480. The van der Waals surface area contributed by atoms with E-state index < -0.39 is 0 Å². The van der Waals surface area contributed by atoms with E-state index in [-0.39, 0.29) is 0 Å². The minimum Gasteiger partial charge on any atom is -0.352 e. The summed E-state index contributed by atoms with van der Waals surface area (Å²) in [6.45, 7) is 7.91. The zero-order valence-electron chi connectivity index (χ0n) is 19.2. The van der Waals surface area contributed by atoms with Crippen molar-refractivity contribution in [2.45, 2.75) is 51.9 Å². The zero-order valence-corrected chi connectivity index (χ0v) is 21.6. The van der Waals surface area contributed by atoms with E-state index in [0.29, 0.717) is 10.9 Å². The first-order valence-electron chi connectivity index (χ1n) is 11.8. The second-order valence-corrected chi connectivity index (χ2v) is 11.1. The Balaban J connectivity index is 1.35. The van der Waals surface area contributed by atoms with E-state index in [1.165, 1.54) is 47.9 Å². The average Bonchev–Trinajstić information content (AvgIpc) is 3.12. The number of aryl methyl sites for hydroxylation is 2. The third-order valence-electron chi connectivity index (χ3n) is 6.94. The van der Waals surface area contributed by atoms with Crippen molar-refractivity contribution in [3.63, 3.8) is 0 Å². The van der Waals surface area contributed by atoms with Crippen LogP contribution in [0.1, 0.15) is 54.3 Å². The highest BCUT2D eigenvalue weighted by atomic mass is 35.5. The van der Waals surface area contributed by atoms with Crippen LogP contribution in [0.3, 0.4) is 0 Å². The minimum absolute atomic E-state index is 0.500. The summed E-state index contributed by atoms with van der Waals surface area (Å²) in [4.78, 5) is 17.4. The van der Waals surface area contributed by atoms with Crippen LogP contribution >= 0.6 is 35.2 Å². The topological polar surface area (TPSA) is 44.3 Å². The number of anilines is 2. The molecule has 0 radical (unpaired) electrons. The maximum atomic E-state index is 6.12. The van der Waals surface area contributed by atoms with Crippen LogP contribution in [0.5, 0.6) is 0 Å². The molecule has 2 aromatic heterocycles. The van der Waals surface area contributed by atoms with Crippen LogP contribution in [0.2, 0.25) is 5.02 Å². The van der Waals surface area contributed by atoms with Gasteiger partial charge in [0.05, 0.1) is 5.39 Å². The fourth-order valence-corrected chi connectivity index (χ4v) is 6.43. The van der Waals surface area contributed by atoms with Crippen LogP contribution < -0.4 is 10.2 Å². The van der Waals surface area contributed by atoms with E-state index in [2.05, 4.69) is 29.0 Å². The minimum atomic E-state index is 0.500. The number of rotatable bonds is 3. The molecule has 8 heteroatoms. The van der Waals surface area contributed by atoms with Crippen LogP contribution in [-0.2, 0) is 0 Å². The maximum absolute atomic E-state index is 6.12. The van der Waals surface area contributed by atoms with Gasteiger partial charge in [0.2, 0.25) is 0 Å². The number of hydrogen-bond acceptors (Lipinski definition) is 5. The van der Waals surface area contributed by atoms with Crippen LogP contribution in [0.25, 0.3) is 10.2 Å². The largest absolute Gasteiger partial charge is 0.352 e. The van der Waals surface area contributed by atoms with Crippen molar-refractivity contribution in [2.24, 2.45) is 0 Å². The molecule has 1 saturated heterocycles. The van der Waals surface area contributed by atoms with Crippen molar-refractivity contribution >= 4 is 62.0 Å². The SMILES string of the molecule is Cc1sc2nc(C3CCCCC3)nc(N3CCN(C(=S)Nc4cccc(Cl)c4)CC3)c2c1C. The van der Waals surface area contributed by atoms with Gasteiger partial charge in [-0.1, -0.05) is 36.9 Å². The Bertz CT molecular complexity index is 1160. The van der Waals surface area contributed by atoms with Gasteiger partial charge >= 0.3 is 0 Å². The standard InChI is InChI=1S/C25H30ClN5S2/c1-16-17(2)33-24-21(16)23(28-22(29-24)18-7-4-3-5-8-18)30-11-13-31(14-12-30)25(32)27-20-10-6-9-19(26)15-20/h6,9-10,15,18H,3-5,7-8,11-14H2,1-2H3,(H,27,32). The second-order valence-electron chi connectivity index (χ2n) is 9.12. The number of halogens is 1. The summed E-state index contributed by atoms with van der Waals surface area (Å²) in [6.07, 6.45) is 6.35. The molecule has 5 nitrogen and oxygen atoms in total. The van der Waals surface area contributed by atoms with E-state index in [4.69, 9.17) is 33.8 Å². The lowest BCUT2D eigenvalue weighted by atomic mass is 9.88. The average molecular weight is 500 g/mol. The highest BCUT2D eigenvalue weighted by Crippen LogP contribution is 2.38. The van der Waals surface area contributed by atoms with Crippen molar-refractivity contribution in [3.05, 3.63) is 45.6 Å². The molecule has 2 aliphatic rings. The molecule has 1 aliphatic heterocycles. The molecule has 3 heterocycles. The predicted molar refractivity (Wildman–Crippen MR) is 144 cm³/mol. The molecule has 0 unspecified atom stereocenters. The molecule has 1 aromatic carbocycles. The summed E-state index contributed by atoms with van der Waals surface area (Å²) in [5.74, 6) is 2.68. The van der Waals surface area contributed by atoms with Crippen molar-refractivity contribution in [2.75, 3.05) is 36.4 Å². The molecule has 0 bridgehead atoms. The summed E-state index contributed by atoms with van der Waals surface area (Å²) in [7, 11) is 0. The fourth-order valence-electron chi connectivity index (χ4n) is 4.91. The van der Waals surface area contributed by atoms with Gasteiger partial charge in [-0.15, -0.1) is 11.3 Å². The Hall–Kier alpha value is -1.96. The third kappa shape index (κ3) is 4.81. The first-order valence-corrected chi connectivity index (χ1v) is 13.4. The van der Waals surface area contributed by atoms with Gasteiger partial charge in [0.25, 0.3) is 0 Å². The molecule has 0 amide bonds. The monoisotopic (exact) mass is 499 g/mol. The summed E-state index contributed by atoms with van der Waals surface area (Å²) in [5, 5.41) is 6.02. The first kappa shape index (κ1) is 22.8. The molecule has 1 N–H and O–H groups in total. The highest BCUT2D eigenvalue weighted by Gasteiger charge is 2.27. The lowest BCUT2D eigenvalue weighted by molar-refractivity contribution is 0.389. The number of benzene rings is 1. The predicted octanol–water partition coefficient (Wildman–Crippen LogP) is 6.53. The van der Waals surface area contributed by atoms with Crippen LogP contribution in [0.15, 0.2) is 24.3 Å². The number of piperazine rings is 1. The van der Waals surface area contributed by atoms with Gasteiger partial charge in [0.15, 0.2) is 5.11 Å². The van der Waals surface area contributed by atoms with E-state index >= 15 is 0 Å². The van der Waals surface area contributed by atoms with Crippen molar-refractivity contribution in [1.29, 1.82) is 0 Å². The number of fused-ring (bicyclic) bond motifs is 1. The van der Waals surface area contributed by atoms with Gasteiger partial charge in [0, 0.05) is 47.7 Å². The van der Waals surface area contributed by atoms with Gasteiger partial charge in [-0.2, -0.15) is 0 Å². The number of thiophene rings is 1. The molecule has 1 aliphatic carbocycles. The summed E-state index contributed by atoms with van der Waals surface area (Å²) < 4.78 is 0. The Morgan fingerprint density at radius 3 is 2.58 bits per heavy atom. The van der Waals surface area contributed by atoms with Gasteiger partial charge < -0.3 is 15.1 Å². The van der Waals surface area contributed by atoms with E-state index in [1.54, 1.807) is 0 Å². The highest BCUT2D eigenvalue weighted by molar-refractivity contribution is 7.80. The Labute approximate surface area is 210 Å². The molecular formula is C25H30ClN5S2. The Morgan fingerprint density at radius 2 is 1.85 bits per heavy atom. The molecule has 1 saturated carbocycles. The smallest absolute Gasteiger partial charge is 0.173 e. The van der Waals surface area contributed by atoms with Gasteiger partial charge in [-0.05, 0) is 62.7 Å². The normalized spacial score (nSPS) is 17.5. The van der Waals surface area contributed by atoms with E-state index in [0.717, 1.165) is 53.5 Å². The van der Waals surface area contributed by atoms with Crippen LogP contribution in [0.4, 0.5) is 11.5 Å². The zero-order chi connectivity index (χ0) is 22.9. The lowest BCUT2D eigenvalue weighted by Gasteiger charge is -2.37. The number of aromatic nitrogens is 2. The molecule has 174 valence electrons. The molecular weight excluding hydrogens is 470 g/mol. The number of nitrogens with zero attached hydrogens (tertiary/aromatic N) is 4. The number of hydrogen-bond donors (Lipinski definition) is 1. The van der Waals surface area contributed by atoms with Crippen LogP contribution in [-0.4, -0.2) is 46.2 Å². The Morgan fingerprint density at radius 1 is 1.09 bits per heavy atom. The quantitative estimate of drug-likeness (QED) is 0.413. The molecule has 0 spiro atoms. The number of thiocarbonyl (C=S) groups is 1. The summed E-state index contributed by atoms with van der Waals surface area (Å²) in [5.41, 5.74) is 2.25. The van der Waals surface area contributed by atoms with E-state index in [1.807, 2.05) is 35.6 Å². The molecule has 0 atom stereocenters. The van der Waals surface area contributed by atoms with Crippen LogP contribution in [0, 0.1) is 13.8 Å². The third-order valence-corrected chi connectivity index (χ3v) is 8.64. The van der Waals surface area contributed by atoms with Gasteiger partial charge in [-0.3, -0.25) is 0 Å². The molecule has 33 heavy (non-hydrogen) atoms. The lowest BCUT2D eigenvalue weighted by Crippen LogP contribution is -2.50. The molecule has 3 aromatic rings. The van der Waals surface area contributed by atoms with Crippen molar-refractivity contribution in [1.82, 2.24) is 14.9 Å². The van der Waals surface area contributed by atoms with Crippen molar-refractivity contribution in [3.8, 4) is 0 Å². The van der Waals surface area contributed by atoms with E-state index in [9.17, 15) is 0 Å². The molecule has 5 rings (SSSR count). The van der Waals surface area contributed by atoms with Gasteiger partial charge in [0.1, 0.15) is 16.5 Å².